The molecule has 0 aliphatic heterocycles. The minimum absolute atomic E-state index is 0.0274. The average Bonchev–Trinajstić information content (AvgIpc) is 2.38. The van der Waals surface area contributed by atoms with E-state index in [0.717, 1.165) is 0 Å². The largest absolute Gasteiger partial charge is 0.508 e. The molecule has 96 valence electrons. The summed E-state index contributed by atoms with van der Waals surface area (Å²) in [6.07, 6.45) is 1.44. The number of aliphatic imine (C=N–C) groups is 1. The Morgan fingerprint density at radius 2 is 1.74 bits per heavy atom. The number of aromatic carboxylic acids is 1. The molecule has 2 rings (SSSR count). The SMILES string of the molecule is O=C(O)c1ccc(N=Cc2ccc(O)cc2O)cc1. The third-order valence-corrected chi connectivity index (χ3v) is 2.48. The van der Waals surface area contributed by atoms with Gasteiger partial charge in [0.1, 0.15) is 11.5 Å². The lowest BCUT2D eigenvalue weighted by atomic mass is 10.2. The fourth-order valence-electron chi connectivity index (χ4n) is 1.48. The second kappa shape index (κ2) is 5.22. The molecule has 5 nitrogen and oxygen atoms in total. The summed E-state index contributed by atoms with van der Waals surface area (Å²) in [4.78, 5) is 14.8. The van der Waals surface area contributed by atoms with E-state index in [2.05, 4.69) is 4.99 Å². The first-order valence-corrected chi connectivity index (χ1v) is 5.45. The van der Waals surface area contributed by atoms with Crippen LogP contribution in [0.15, 0.2) is 47.5 Å². The maximum atomic E-state index is 10.7. The fourth-order valence-corrected chi connectivity index (χ4v) is 1.48. The van der Waals surface area contributed by atoms with Gasteiger partial charge in [-0.05, 0) is 36.4 Å². The molecule has 2 aromatic carbocycles. The van der Waals surface area contributed by atoms with Crippen LogP contribution in [0.3, 0.4) is 0 Å². The van der Waals surface area contributed by atoms with Crippen LogP contribution in [0.1, 0.15) is 15.9 Å². The van der Waals surface area contributed by atoms with E-state index in [4.69, 9.17) is 10.2 Å². The van der Waals surface area contributed by atoms with Gasteiger partial charge in [0.2, 0.25) is 0 Å². The van der Waals surface area contributed by atoms with Crippen LogP contribution in [0.5, 0.6) is 11.5 Å². The number of hydrogen-bond donors (Lipinski definition) is 3. The van der Waals surface area contributed by atoms with Crippen molar-refractivity contribution in [3.05, 3.63) is 53.6 Å². The first-order valence-electron chi connectivity index (χ1n) is 5.45. The van der Waals surface area contributed by atoms with Gasteiger partial charge in [-0.1, -0.05) is 0 Å². The van der Waals surface area contributed by atoms with Crippen molar-refractivity contribution in [2.75, 3.05) is 0 Å². The van der Waals surface area contributed by atoms with Crippen LogP contribution < -0.4 is 0 Å². The molecule has 19 heavy (non-hydrogen) atoms. The van der Waals surface area contributed by atoms with Gasteiger partial charge >= 0.3 is 5.97 Å². The fraction of sp³-hybridized carbons (Fsp3) is 0. The molecule has 0 radical (unpaired) electrons. The highest BCUT2D eigenvalue weighted by Gasteiger charge is 2.01. The van der Waals surface area contributed by atoms with Gasteiger partial charge in [0.25, 0.3) is 0 Å². The van der Waals surface area contributed by atoms with E-state index in [1.807, 2.05) is 0 Å². The molecule has 0 aliphatic rings. The standard InChI is InChI=1S/C14H11NO4/c16-12-6-3-10(13(17)7-12)8-15-11-4-1-9(2-5-11)14(18)19/h1-8,16-17H,(H,18,19). The third kappa shape index (κ3) is 3.10. The molecule has 0 fully saturated rings. The number of aromatic hydroxyl groups is 2. The molecule has 0 bridgehead atoms. The highest BCUT2D eigenvalue weighted by molar-refractivity contribution is 5.88. The van der Waals surface area contributed by atoms with E-state index in [9.17, 15) is 9.90 Å². The van der Waals surface area contributed by atoms with Crippen molar-refractivity contribution in [2.45, 2.75) is 0 Å². The van der Waals surface area contributed by atoms with Crippen molar-refractivity contribution in [1.29, 1.82) is 0 Å². The van der Waals surface area contributed by atoms with Crippen molar-refractivity contribution in [3.63, 3.8) is 0 Å². The van der Waals surface area contributed by atoms with Gasteiger partial charge in [-0.15, -0.1) is 0 Å². The average molecular weight is 257 g/mol. The molecule has 0 spiro atoms. The maximum absolute atomic E-state index is 10.7. The van der Waals surface area contributed by atoms with Crippen molar-refractivity contribution < 1.29 is 20.1 Å². The summed E-state index contributed by atoms with van der Waals surface area (Å²) in [7, 11) is 0. The molecular formula is C14H11NO4. The van der Waals surface area contributed by atoms with Crippen molar-refractivity contribution in [3.8, 4) is 11.5 Å². The Morgan fingerprint density at radius 1 is 1.05 bits per heavy atom. The predicted molar refractivity (Wildman–Crippen MR) is 70.4 cm³/mol. The molecule has 5 heteroatoms. The van der Waals surface area contributed by atoms with Gasteiger partial charge < -0.3 is 15.3 Å². The summed E-state index contributed by atoms with van der Waals surface area (Å²) in [5, 5.41) is 27.5. The van der Waals surface area contributed by atoms with Gasteiger partial charge in [-0.25, -0.2) is 4.79 Å². The van der Waals surface area contributed by atoms with Crippen LogP contribution >= 0.6 is 0 Å². The zero-order chi connectivity index (χ0) is 13.8. The van der Waals surface area contributed by atoms with Crippen LogP contribution in [-0.2, 0) is 0 Å². The highest BCUT2D eigenvalue weighted by atomic mass is 16.4. The number of phenolic OH excluding ortho intramolecular Hbond substituents is 2. The van der Waals surface area contributed by atoms with E-state index in [1.54, 1.807) is 12.1 Å². The molecule has 2 aromatic rings. The molecule has 0 aliphatic carbocycles. The van der Waals surface area contributed by atoms with Crippen LogP contribution in [0.4, 0.5) is 5.69 Å². The number of benzene rings is 2. The van der Waals surface area contributed by atoms with Crippen molar-refractivity contribution in [2.24, 2.45) is 4.99 Å². The Kier molecular flexibility index (Phi) is 3.47. The van der Waals surface area contributed by atoms with Crippen LogP contribution in [0.2, 0.25) is 0 Å². The maximum Gasteiger partial charge on any atom is 0.335 e. The lowest BCUT2D eigenvalue weighted by Gasteiger charge is -1.99. The van der Waals surface area contributed by atoms with Crippen molar-refractivity contribution in [1.82, 2.24) is 0 Å². The van der Waals surface area contributed by atoms with Crippen LogP contribution in [0.25, 0.3) is 0 Å². The second-order valence-electron chi connectivity index (χ2n) is 3.85. The number of nitrogens with zero attached hydrogens (tertiary/aromatic N) is 1. The summed E-state index contributed by atoms with van der Waals surface area (Å²) in [6, 6.07) is 10.2. The smallest absolute Gasteiger partial charge is 0.335 e. The Morgan fingerprint density at radius 3 is 2.32 bits per heavy atom. The van der Waals surface area contributed by atoms with E-state index in [-0.39, 0.29) is 17.1 Å². The summed E-state index contributed by atoms with van der Waals surface area (Å²) in [5.41, 5.74) is 1.21. The number of carboxylic acids is 1. The van der Waals surface area contributed by atoms with Gasteiger partial charge in [-0.3, -0.25) is 4.99 Å². The second-order valence-corrected chi connectivity index (χ2v) is 3.85. The number of rotatable bonds is 3. The van der Waals surface area contributed by atoms with E-state index in [0.29, 0.717) is 11.3 Å². The zero-order valence-corrected chi connectivity index (χ0v) is 9.82. The van der Waals surface area contributed by atoms with Gasteiger partial charge in [-0.2, -0.15) is 0 Å². The molecule has 0 unspecified atom stereocenters. The predicted octanol–water partition coefficient (Wildman–Crippen LogP) is 2.55. The lowest BCUT2D eigenvalue weighted by molar-refractivity contribution is 0.0697. The first kappa shape index (κ1) is 12.6. The summed E-state index contributed by atoms with van der Waals surface area (Å²) >= 11 is 0. The van der Waals surface area contributed by atoms with E-state index in [1.165, 1.54) is 36.5 Å². The molecule has 0 aromatic heterocycles. The molecular weight excluding hydrogens is 246 g/mol. The van der Waals surface area contributed by atoms with Gasteiger partial charge in [0, 0.05) is 17.8 Å². The molecule has 3 N–H and O–H groups in total. The van der Waals surface area contributed by atoms with E-state index < -0.39 is 5.97 Å². The Labute approximate surface area is 109 Å². The number of carbonyl (C=O) groups is 1. The topological polar surface area (TPSA) is 90.1 Å². The minimum Gasteiger partial charge on any atom is -0.508 e. The summed E-state index contributed by atoms with van der Waals surface area (Å²) in [6.45, 7) is 0. The normalized spacial score (nSPS) is 10.7. The first-order chi connectivity index (χ1) is 9.06. The molecule has 0 atom stereocenters. The molecule has 0 heterocycles. The molecule has 0 saturated carbocycles. The summed E-state index contributed by atoms with van der Waals surface area (Å²) in [5.74, 6) is -1.10. The Bertz CT molecular complexity index is 632. The van der Waals surface area contributed by atoms with E-state index >= 15 is 0 Å². The van der Waals surface area contributed by atoms with Crippen LogP contribution in [0, 0.1) is 0 Å². The van der Waals surface area contributed by atoms with Crippen molar-refractivity contribution >= 4 is 17.9 Å². The molecule has 0 amide bonds. The summed E-state index contributed by atoms with van der Waals surface area (Å²) < 4.78 is 0. The van der Waals surface area contributed by atoms with Gasteiger partial charge in [0.15, 0.2) is 0 Å². The molecule has 0 saturated heterocycles. The zero-order valence-electron chi connectivity index (χ0n) is 9.82. The number of phenols is 2. The Hall–Kier alpha value is -2.82. The minimum atomic E-state index is -0.994. The third-order valence-electron chi connectivity index (χ3n) is 2.48. The highest BCUT2D eigenvalue weighted by Crippen LogP contribution is 2.22. The van der Waals surface area contributed by atoms with Gasteiger partial charge in [0.05, 0.1) is 11.3 Å². The quantitative estimate of drug-likeness (QED) is 0.737. The number of hydrogen-bond acceptors (Lipinski definition) is 4. The monoisotopic (exact) mass is 257 g/mol. The Balaban J connectivity index is 2.20. The lowest BCUT2D eigenvalue weighted by Crippen LogP contribution is -1.94. The number of carboxylic acid groups (broad SMARTS) is 1. The van der Waals surface area contributed by atoms with Crippen LogP contribution in [-0.4, -0.2) is 27.5 Å².